The van der Waals surface area contributed by atoms with Gasteiger partial charge in [0, 0.05) is 5.92 Å². The first-order valence-electron chi connectivity index (χ1n) is 5.94. The molecule has 0 spiro atoms. The summed E-state index contributed by atoms with van der Waals surface area (Å²) in [5, 5.41) is 2.85. The lowest BCUT2D eigenvalue weighted by atomic mass is 10.2. The van der Waals surface area contributed by atoms with E-state index in [2.05, 4.69) is 5.32 Å². The van der Waals surface area contributed by atoms with Crippen molar-refractivity contribution < 1.29 is 14.3 Å². The number of fused-ring (bicyclic) bond motifs is 1. The Bertz CT molecular complexity index is 454. The molecule has 1 atom stereocenters. The van der Waals surface area contributed by atoms with E-state index in [0.29, 0.717) is 6.54 Å². The first-order chi connectivity index (χ1) is 8.22. The number of ether oxygens (including phenoxy) is 2. The van der Waals surface area contributed by atoms with Gasteiger partial charge in [0.1, 0.15) is 0 Å². The quantitative estimate of drug-likeness (QED) is 0.863. The van der Waals surface area contributed by atoms with E-state index in [4.69, 9.17) is 9.47 Å². The molecule has 1 fully saturated rings. The number of rotatable bonds is 3. The summed E-state index contributed by atoms with van der Waals surface area (Å²) in [6.07, 6.45) is 1.63. The molecule has 0 radical (unpaired) electrons. The average molecular weight is 233 g/mol. The summed E-state index contributed by atoms with van der Waals surface area (Å²) in [4.78, 5) is 11.5. The van der Waals surface area contributed by atoms with Gasteiger partial charge >= 0.3 is 0 Å². The van der Waals surface area contributed by atoms with Crippen molar-refractivity contribution in [1.29, 1.82) is 0 Å². The summed E-state index contributed by atoms with van der Waals surface area (Å²) in [7, 11) is 0. The molecule has 1 unspecified atom stereocenters. The summed E-state index contributed by atoms with van der Waals surface area (Å²) in [6, 6.07) is 5.82. The molecule has 4 heteroatoms. The molecule has 1 saturated carbocycles. The zero-order valence-corrected chi connectivity index (χ0v) is 9.73. The zero-order valence-electron chi connectivity index (χ0n) is 9.73. The third-order valence-electron chi connectivity index (χ3n) is 3.01. The minimum Gasteiger partial charge on any atom is -0.449 e. The molecule has 2 aliphatic rings. The minimum absolute atomic E-state index is 0.115. The maximum atomic E-state index is 11.5. The van der Waals surface area contributed by atoms with Crippen LogP contribution in [0.1, 0.15) is 18.4 Å². The second-order valence-corrected chi connectivity index (χ2v) is 4.63. The number of hydrogen-bond donors (Lipinski definition) is 1. The Morgan fingerprint density at radius 1 is 1.35 bits per heavy atom. The van der Waals surface area contributed by atoms with Crippen LogP contribution in [0, 0.1) is 12.8 Å². The zero-order chi connectivity index (χ0) is 11.8. The van der Waals surface area contributed by atoms with Crippen LogP contribution in [-0.2, 0) is 4.79 Å². The van der Waals surface area contributed by atoms with Crippen LogP contribution in [0.4, 0.5) is 0 Å². The van der Waals surface area contributed by atoms with Gasteiger partial charge in [0.2, 0.25) is 5.91 Å². The predicted molar refractivity (Wildman–Crippen MR) is 62.0 cm³/mol. The maximum Gasteiger partial charge on any atom is 0.258 e. The van der Waals surface area contributed by atoms with Crippen molar-refractivity contribution in [1.82, 2.24) is 5.32 Å². The van der Waals surface area contributed by atoms with E-state index in [-0.39, 0.29) is 11.8 Å². The lowest BCUT2D eigenvalue weighted by Gasteiger charge is -2.10. The van der Waals surface area contributed by atoms with Gasteiger partial charge in [-0.25, -0.2) is 0 Å². The largest absolute Gasteiger partial charge is 0.449 e. The van der Waals surface area contributed by atoms with E-state index in [1.165, 1.54) is 0 Å². The molecule has 3 rings (SSSR count). The summed E-state index contributed by atoms with van der Waals surface area (Å²) >= 11 is 0. The first-order valence-corrected chi connectivity index (χ1v) is 5.94. The van der Waals surface area contributed by atoms with E-state index in [1.54, 1.807) is 0 Å². The summed E-state index contributed by atoms with van der Waals surface area (Å²) in [5.41, 5.74) is 1.13. The van der Waals surface area contributed by atoms with Crippen LogP contribution in [0.3, 0.4) is 0 Å². The second kappa shape index (κ2) is 3.95. The number of amides is 1. The van der Waals surface area contributed by atoms with Crippen molar-refractivity contribution in [3.63, 3.8) is 0 Å². The normalized spacial score (nSPS) is 21.4. The Balaban J connectivity index is 1.56. The lowest BCUT2D eigenvalue weighted by molar-refractivity contribution is -0.123. The van der Waals surface area contributed by atoms with Gasteiger partial charge < -0.3 is 14.8 Å². The van der Waals surface area contributed by atoms with Gasteiger partial charge in [-0.05, 0) is 37.5 Å². The highest BCUT2D eigenvalue weighted by molar-refractivity contribution is 5.80. The average Bonchev–Trinajstić information content (AvgIpc) is 3.07. The summed E-state index contributed by atoms with van der Waals surface area (Å²) in [6.45, 7) is 2.41. The van der Waals surface area contributed by atoms with Crippen LogP contribution in [0.5, 0.6) is 11.5 Å². The van der Waals surface area contributed by atoms with E-state index in [9.17, 15) is 4.79 Å². The number of benzene rings is 1. The van der Waals surface area contributed by atoms with Crippen LogP contribution in [0.2, 0.25) is 0 Å². The van der Waals surface area contributed by atoms with Crippen molar-refractivity contribution in [3.05, 3.63) is 23.8 Å². The fourth-order valence-corrected chi connectivity index (χ4v) is 1.87. The van der Waals surface area contributed by atoms with Gasteiger partial charge in [0.15, 0.2) is 11.5 Å². The number of hydrogen-bond acceptors (Lipinski definition) is 3. The van der Waals surface area contributed by atoms with Crippen molar-refractivity contribution in [2.75, 3.05) is 6.54 Å². The fourth-order valence-electron chi connectivity index (χ4n) is 1.87. The Morgan fingerprint density at radius 2 is 2.12 bits per heavy atom. The van der Waals surface area contributed by atoms with Gasteiger partial charge in [-0.1, -0.05) is 6.07 Å². The maximum absolute atomic E-state index is 11.5. The Labute approximate surface area is 99.9 Å². The van der Waals surface area contributed by atoms with E-state index in [0.717, 1.165) is 29.9 Å². The minimum atomic E-state index is -0.394. The molecule has 1 heterocycles. The molecule has 1 aliphatic carbocycles. The molecule has 0 aromatic heterocycles. The molecule has 0 saturated heterocycles. The monoisotopic (exact) mass is 233 g/mol. The molecule has 17 heavy (non-hydrogen) atoms. The molecule has 1 aromatic carbocycles. The van der Waals surface area contributed by atoms with Gasteiger partial charge in [-0.3, -0.25) is 4.79 Å². The predicted octanol–water partition coefficient (Wildman–Crippen LogP) is 1.62. The van der Waals surface area contributed by atoms with Crippen molar-refractivity contribution >= 4 is 5.91 Å². The summed E-state index contributed by atoms with van der Waals surface area (Å²) in [5.74, 6) is 1.85. The second-order valence-electron chi connectivity index (χ2n) is 4.63. The molecule has 1 aromatic rings. The number of aryl methyl sites for hydroxylation is 1. The van der Waals surface area contributed by atoms with Gasteiger partial charge in [0.25, 0.3) is 6.29 Å². The molecule has 4 nitrogen and oxygen atoms in total. The Morgan fingerprint density at radius 3 is 2.88 bits per heavy atom. The van der Waals surface area contributed by atoms with Crippen LogP contribution < -0.4 is 14.8 Å². The van der Waals surface area contributed by atoms with E-state index >= 15 is 0 Å². The van der Waals surface area contributed by atoms with E-state index in [1.807, 2.05) is 25.1 Å². The molecular formula is C13H15NO3. The highest BCUT2D eigenvalue weighted by atomic mass is 16.7. The number of carbonyl (C=O) groups excluding carboxylic acids is 1. The van der Waals surface area contributed by atoms with Crippen LogP contribution >= 0.6 is 0 Å². The Hall–Kier alpha value is -1.71. The molecule has 1 aliphatic heterocycles. The molecular weight excluding hydrogens is 218 g/mol. The van der Waals surface area contributed by atoms with Crippen LogP contribution in [0.25, 0.3) is 0 Å². The SMILES string of the molecule is Cc1ccc2c(c1)OC(CNC(=O)C1CC1)O2. The molecule has 90 valence electrons. The highest BCUT2D eigenvalue weighted by Gasteiger charge is 2.31. The number of carbonyl (C=O) groups is 1. The van der Waals surface area contributed by atoms with Crippen LogP contribution in [0.15, 0.2) is 18.2 Å². The van der Waals surface area contributed by atoms with E-state index < -0.39 is 6.29 Å². The molecule has 0 bridgehead atoms. The van der Waals surface area contributed by atoms with Crippen molar-refractivity contribution in [2.45, 2.75) is 26.1 Å². The first kappa shape index (κ1) is 10.4. The number of nitrogens with one attached hydrogen (secondary N) is 1. The Kier molecular flexibility index (Phi) is 2.42. The van der Waals surface area contributed by atoms with Crippen molar-refractivity contribution in [3.8, 4) is 11.5 Å². The summed E-state index contributed by atoms with van der Waals surface area (Å²) < 4.78 is 11.2. The van der Waals surface area contributed by atoms with Gasteiger partial charge in [0.05, 0.1) is 6.54 Å². The molecule has 1 N–H and O–H groups in total. The topological polar surface area (TPSA) is 47.6 Å². The van der Waals surface area contributed by atoms with Gasteiger partial charge in [-0.15, -0.1) is 0 Å². The standard InChI is InChI=1S/C13H15NO3/c1-8-2-5-10-11(6-8)17-12(16-10)7-14-13(15)9-3-4-9/h2,5-6,9,12H,3-4,7H2,1H3,(H,14,15). The third kappa shape index (κ3) is 2.20. The third-order valence-corrected chi connectivity index (χ3v) is 3.01. The lowest BCUT2D eigenvalue weighted by Crippen LogP contribution is -2.37. The smallest absolute Gasteiger partial charge is 0.258 e. The van der Waals surface area contributed by atoms with Crippen molar-refractivity contribution in [2.24, 2.45) is 5.92 Å². The van der Waals surface area contributed by atoms with Gasteiger partial charge in [-0.2, -0.15) is 0 Å². The fraction of sp³-hybridized carbons (Fsp3) is 0.462. The van der Waals surface area contributed by atoms with Crippen LogP contribution in [-0.4, -0.2) is 18.7 Å². The molecule has 1 amide bonds. The highest BCUT2D eigenvalue weighted by Crippen LogP contribution is 2.35.